The minimum atomic E-state index is -4.46. The first-order chi connectivity index (χ1) is 9.36. The Morgan fingerprint density at radius 3 is 2.65 bits per heavy atom. The molecule has 0 amide bonds. The van der Waals surface area contributed by atoms with Crippen LogP contribution in [0, 0.1) is 0 Å². The zero-order valence-electron chi connectivity index (χ0n) is 9.85. The summed E-state index contributed by atoms with van der Waals surface area (Å²) < 4.78 is 37.6. The Bertz CT molecular complexity index is 644. The molecular weight excluding hydrogens is 275 g/mol. The van der Waals surface area contributed by atoms with E-state index >= 15 is 0 Å². The second-order valence-electron chi connectivity index (χ2n) is 3.77. The van der Waals surface area contributed by atoms with Crippen molar-refractivity contribution in [2.45, 2.75) is 6.18 Å². The Balaban J connectivity index is 2.26. The molecule has 0 saturated heterocycles. The molecule has 1 heterocycles. The molecule has 2 rings (SSSR count). The molecule has 20 heavy (non-hydrogen) atoms. The molecule has 0 fully saturated rings. The summed E-state index contributed by atoms with van der Waals surface area (Å²) in [5, 5.41) is 11.3. The van der Waals surface area contributed by atoms with Crippen LogP contribution in [0.2, 0.25) is 0 Å². The number of carbonyl (C=O) groups is 1. The topological polar surface area (TPSA) is 75.1 Å². The highest BCUT2D eigenvalue weighted by molar-refractivity contribution is 5.85. The van der Waals surface area contributed by atoms with Gasteiger partial charge in [-0.05, 0) is 24.3 Å². The number of carboxylic acid groups (broad SMARTS) is 1. The van der Waals surface area contributed by atoms with Gasteiger partial charge in [0, 0.05) is 11.9 Å². The van der Waals surface area contributed by atoms with Gasteiger partial charge in [0.25, 0.3) is 0 Å². The van der Waals surface area contributed by atoms with Crippen LogP contribution in [0.25, 0.3) is 0 Å². The number of rotatable bonds is 3. The Labute approximate surface area is 111 Å². The van der Waals surface area contributed by atoms with Gasteiger partial charge < -0.3 is 10.4 Å². The van der Waals surface area contributed by atoms with Crippen molar-refractivity contribution < 1.29 is 23.1 Å². The molecule has 0 aliphatic heterocycles. The van der Waals surface area contributed by atoms with Gasteiger partial charge in [-0.2, -0.15) is 13.2 Å². The monoisotopic (exact) mass is 283 g/mol. The molecule has 0 spiro atoms. The molecule has 0 saturated carbocycles. The van der Waals surface area contributed by atoms with Crippen molar-refractivity contribution >= 4 is 17.6 Å². The van der Waals surface area contributed by atoms with E-state index in [1.54, 1.807) is 0 Å². The molecule has 1 aromatic heterocycles. The van der Waals surface area contributed by atoms with Crippen LogP contribution in [0.5, 0.6) is 0 Å². The van der Waals surface area contributed by atoms with Crippen LogP contribution in [-0.2, 0) is 6.18 Å². The van der Waals surface area contributed by atoms with Gasteiger partial charge in [0.2, 0.25) is 5.95 Å². The quantitative estimate of drug-likeness (QED) is 0.905. The van der Waals surface area contributed by atoms with Crippen LogP contribution < -0.4 is 5.32 Å². The lowest BCUT2D eigenvalue weighted by Crippen LogP contribution is -2.07. The number of aromatic carboxylic acids is 1. The van der Waals surface area contributed by atoms with E-state index in [4.69, 9.17) is 5.11 Å². The number of carboxylic acids is 1. The summed E-state index contributed by atoms with van der Waals surface area (Å²) in [6, 6.07) is 5.62. The summed E-state index contributed by atoms with van der Waals surface area (Å²) in [7, 11) is 0. The van der Waals surface area contributed by atoms with Gasteiger partial charge in [0.1, 0.15) is 0 Å². The van der Waals surface area contributed by atoms with Crippen LogP contribution in [0.15, 0.2) is 36.5 Å². The SMILES string of the molecule is O=C(O)c1ccnc(Nc2cccc(C(F)(F)F)c2)n1. The normalized spacial score (nSPS) is 11.2. The fourth-order valence-corrected chi connectivity index (χ4v) is 1.44. The summed E-state index contributed by atoms with van der Waals surface area (Å²) in [4.78, 5) is 18.1. The molecule has 0 unspecified atom stereocenters. The number of hydrogen-bond donors (Lipinski definition) is 2. The molecule has 104 valence electrons. The van der Waals surface area contributed by atoms with Gasteiger partial charge in [0.05, 0.1) is 5.56 Å². The fraction of sp³-hybridized carbons (Fsp3) is 0.0833. The highest BCUT2D eigenvalue weighted by Gasteiger charge is 2.30. The standard InChI is InChI=1S/C12H8F3N3O2/c13-12(14,15)7-2-1-3-8(6-7)17-11-16-5-4-9(18-11)10(19)20/h1-6H,(H,19,20)(H,16,17,18). The van der Waals surface area contributed by atoms with Crippen molar-refractivity contribution in [1.82, 2.24) is 9.97 Å². The first-order valence-corrected chi connectivity index (χ1v) is 5.37. The first kappa shape index (κ1) is 13.8. The molecule has 0 aliphatic rings. The lowest BCUT2D eigenvalue weighted by Gasteiger charge is -2.09. The molecule has 0 radical (unpaired) electrons. The van der Waals surface area contributed by atoms with Gasteiger partial charge in [-0.15, -0.1) is 0 Å². The van der Waals surface area contributed by atoms with Crippen molar-refractivity contribution in [3.63, 3.8) is 0 Å². The Kier molecular flexibility index (Phi) is 3.55. The van der Waals surface area contributed by atoms with E-state index in [-0.39, 0.29) is 17.3 Å². The van der Waals surface area contributed by atoms with Crippen LogP contribution in [0.3, 0.4) is 0 Å². The number of alkyl halides is 3. The number of nitrogens with one attached hydrogen (secondary N) is 1. The maximum Gasteiger partial charge on any atom is 0.416 e. The van der Waals surface area contributed by atoms with E-state index in [1.807, 2.05) is 0 Å². The number of hydrogen-bond acceptors (Lipinski definition) is 4. The highest BCUT2D eigenvalue weighted by Crippen LogP contribution is 2.31. The molecule has 0 bridgehead atoms. The van der Waals surface area contributed by atoms with Gasteiger partial charge in [-0.3, -0.25) is 0 Å². The average Bonchev–Trinajstić information content (AvgIpc) is 2.38. The number of nitrogens with zero attached hydrogens (tertiary/aromatic N) is 2. The predicted molar refractivity (Wildman–Crippen MR) is 63.7 cm³/mol. The van der Waals surface area contributed by atoms with Crippen LogP contribution >= 0.6 is 0 Å². The second-order valence-corrected chi connectivity index (χ2v) is 3.77. The smallest absolute Gasteiger partial charge is 0.416 e. The van der Waals surface area contributed by atoms with Crippen LogP contribution in [-0.4, -0.2) is 21.0 Å². The summed E-state index contributed by atoms with van der Waals surface area (Å²) in [5.74, 6) is -1.34. The van der Waals surface area contributed by atoms with E-state index < -0.39 is 17.7 Å². The van der Waals surface area contributed by atoms with E-state index in [0.29, 0.717) is 0 Å². The van der Waals surface area contributed by atoms with Gasteiger partial charge in [-0.1, -0.05) is 6.07 Å². The highest BCUT2D eigenvalue weighted by atomic mass is 19.4. The largest absolute Gasteiger partial charge is 0.477 e. The zero-order chi connectivity index (χ0) is 14.8. The maximum absolute atomic E-state index is 12.5. The van der Waals surface area contributed by atoms with Crippen molar-refractivity contribution in [3.05, 3.63) is 47.8 Å². The van der Waals surface area contributed by atoms with E-state index in [0.717, 1.165) is 12.1 Å². The predicted octanol–water partition coefficient (Wildman–Crippen LogP) is 2.94. The minimum Gasteiger partial charge on any atom is -0.477 e. The van der Waals surface area contributed by atoms with Crippen molar-refractivity contribution in [3.8, 4) is 0 Å². The third kappa shape index (κ3) is 3.22. The summed E-state index contributed by atoms with van der Waals surface area (Å²) >= 11 is 0. The van der Waals surface area contributed by atoms with Crippen molar-refractivity contribution in [2.24, 2.45) is 0 Å². The molecule has 0 atom stereocenters. The van der Waals surface area contributed by atoms with Gasteiger partial charge in [0.15, 0.2) is 5.69 Å². The molecular formula is C12H8F3N3O2. The number of benzene rings is 1. The van der Waals surface area contributed by atoms with E-state index in [2.05, 4.69) is 15.3 Å². The summed E-state index contributed by atoms with van der Waals surface area (Å²) in [5.41, 5.74) is -0.964. The Morgan fingerprint density at radius 2 is 2.00 bits per heavy atom. The third-order valence-corrected chi connectivity index (χ3v) is 2.32. The third-order valence-electron chi connectivity index (χ3n) is 2.32. The van der Waals surface area contributed by atoms with Crippen molar-refractivity contribution in [1.29, 1.82) is 0 Å². The maximum atomic E-state index is 12.5. The lowest BCUT2D eigenvalue weighted by molar-refractivity contribution is -0.137. The van der Waals surface area contributed by atoms with Gasteiger partial charge in [-0.25, -0.2) is 14.8 Å². The van der Waals surface area contributed by atoms with E-state index in [9.17, 15) is 18.0 Å². The van der Waals surface area contributed by atoms with Gasteiger partial charge >= 0.3 is 12.1 Å². The van der Waals surface area contributed by atoms with Crippen LogP contribution in [0.4, 0.5) is 24.8 Å². The second kappa shape index (κ2) is 5.16. The average molecular weight is 283 g/mol. The molecule has 5 nitrogen and oxygen atoms in total. The fourth-order valence-electron chi connectivity index (χ4n) is 1.44. The first-order valence-electron chi connectivity index (χ1n) is 5.37. The molecule has 0 aliphatic carbocycles. The molecule has 8 heteroatoms. The number of aromatic nitrogens is 2. The van der Waals surface area contributed by atoms with E-state index in [1.165, 1.54) is 24.4 Å². The molecule has 1 aromatic carbocycles. The zero-order valence-corrected chi connectivity index (χ0v) is 9.85. The molecule has 2 N–H and O–H groups in total. The molecule has 2 aromatic rings. The van der Waals surface area contributed by atoms with Crippen LogP contribution in [0.1, 0.15) is 16.1 Å². The lowest BCUT2D eigenvalue weighted by atomic mass is 10.2. The Morgan fingerprint density at radius 1 is 1.25 bits per heavy atom. The summed E-state index contributed by atoms with van der Waals surface area (Å²) in [6.45, 7) is 0. The minimum absolute atomic E-state index is 0.0933. The summed E-state index contributed by atoms with van der Waals surface area (Å²) in [6.07, 6.45) is -3.26. The van der Waals surface area contributed by atoms with Crippen molar-refractivity contribution in [2.75, 3.05) is 5.32 Å². The Hall–Kier alpha value is -2.64. The number of anilines is 2. The number of halogens is 3.